The predicted octanol–water partition coefficient (Wildman–Crippen LogP) is 1.19. The molecule has 1 saturated heterocycles. The number of likely N-dealkylation sites (tertiary alicyclic amines) is 1. The first-order valence-electron chi connectivity index (χ1n) is 7.84. The lowest BCUT2D eigenvalue weighted by Crippen LogP contribution is -2.43. The highest BCUT2D eigenvalue weighted by Gasteiger charge is 2.30. The number of nitrogens with zero attached hydrogens (tertiary/aromatic N) is 1. The largest absolute Gasteiger partial charge is 0.444 e. The summed E-state index contributed by atoms with van der Waals surface area (Å²) in [5.74, 6) is -0.625. The number of rotatable bonds is 4. The number of nitrogens with one attached hydrogen (secondary N) is 2. The topological polar surface area (TPSA) is 87.7 Å². The highest BCUT2D eigenvalue weighted by Crippen LogP contribution is 2.21. The number of carbonyl (C=O) groups excluding carboxylic acids is 3. The number of hydrogen-bond donors (Lipinski definition) is 2. The maximum atomic E-state index is 12.1. The minimum Gasteiger partial charge on any atom is -0.444 e. The van der Waals surface area contributed by atoms with Crippen molar-refractivity contribution in [3.63, 3.8) is 0 Å². The average Bonchev–Trinajstić information content (AvgIpc) is 2.90. The Labute approximate surface area is 137 Å². The summed E-state index contributed by atoms with van der Waals surface area (Å²) in [6, 6.07) is -0.770. The summed E-state index contributed by atoms with van der Waals surface area (Å²) in [4.78, 5) is 36.9. The lowest BCUT2D eigenvalue weighted by atomic mass is 10.2. The van der Waals surface area contributed by atoms with Crippen LogP contribution in [0.2, 0.25) is 0 Å². The molecule has 3 amide bonds. The van der Waals surface area contributed by atoms with Crippen LogP contribution in [0.1, 0.15) is 40.5 Å². The van der Waals surface area contributed by atoms with Crippen molar-refractivity contribution >= 4 is 17.9 Å². The second-order valence-corrected chi connectivity index (χ2v) is 6.59. The van der Waals surface area contributed by atoms with Crippen LogP contribution in [0.4, 0.5) is 4.79 Å². The van der Waals surface area contributed by atoms with Gasteiger partial charge in [0.1, 0.15) is 11.6 Å². The fourth-order valence-electron chi connectivity index (χ4n) is 2.28. The first kappa shape index (κ1) is 19.0. The maximum absolute atomic E-state index is 12.1. The van der Waals surface area contributed by atoms with E-state index < -0.39 is 11.6 Å². The van der Waals surface area contributed by atoms with Gasteiger partial charge < -0.3 is 20.3 Å². The molecule has 1 aliphatic heterocycles. The molecule has 0 spiro atoms. The zero-order valence-corrected chi connectivity index (χ0v) is 14.5. The van der Waals surface area contributed by atoms with Gasteiger partial charge in [0.25, 0.3) is 0 Å². The van der Waals surface area contributed by atoms with Crippen molar-refractivity contribution in [3.05, 3.63) is 12.2 Å². The first-order chi connectivity index (χ1) is 10.6. The van der Waals surface area contributed by atoms with Gasteiger partial charge in [-0.25, -0.2) is 4.79 Å². The van der Waals surface area contributed by atoms with Gasteiger partial charge in [0.05, 0.1) is 6.04 Å². The Balaban J connectivity index is 2.59. The summed E-state index contributed by atoms with van der Waals surface area (Å²) in [5.41, 5.74) is -0.547. The summed E-state index contributed by atoms with van der Waals surface area (Å²) in [5, 5.41) is 5.03. The Hall–Kier alpha value is -2.05. The van der Waals surface area contributed by atoms with Crippen LogP contribution in [0.15, 0.2) is 12.2 Å². The molecule has 0 bridgehead atoms. The smallest absolute Gasteiger partial charge is 0.410 e. The molecule has 2 atom stereocenters. The van der Waals surface area contributed by atoms with Crippen molar-refractivity contribution in [2.24, 2.45) is 0 Å². The van der Waals surface area contributed by atoms with Gasteiger partial charge >= 0.3 is 6.09 Å². The molecule has 0 aliphatic carbocycles. The summed E-state index contributed by atoms with van der Waals surface area (Å²) in [6.45, 7) is 7.67. The zero-order valence-electron chi connectivity index (χ0n) is 14.5. The Morgan fingerprint density at radius 1 is 1.30 bits per heavy atom. The number of carbonyl (C=O) groups is 3. The molecule has 23 heavy (non-hydrogen) atoms. The van der Waals surface area contributed by atoms with Gasteiger partial charge in [0.2, 0.25) is 11.8 Å². The van der Waals surface area contributed by atoms with Crippen LogP contribution in [0.25, 0.3) is 0 Å². The molecule has 1 heterocycles. The van der Waals surface area contributed by atoms with Crippen LogP contribution < -0.4 is 10.6 Å². The van der Waals surface area contributed by atoms with E-state index in [1.807, 2.05) is 20.8 Å². The normalized spacial score (nSPS) is 19.5. The molecule has 7 heteroatoms. The molecule has 0 aromatic heterocycles. The van der Waals surface area contributed by atoms with Gasteiger partial charge in [-0.3, -0.25) is 9.59 Å². The van der Waals surface area contributed by atoms with Crippen LogP contribution in [-0.4, -0.2) is 54.1 Å². The Morgan fingerprint density at radius 2 is 1.96 bits per heavy atom. The minimum atomic E-state index is -0.609. The summed E-state index contributed by atoms with van der Waals surface area (Å²) in [6.07, 6.45) is 4.33. The molecule has 0 saturated carbocycles. The molecule has 0 aromatic carbocycles. The average molecular weight is 325 g/mol. The Bertz CT molecular complexity index is 482. The van der Waals surface area contributed by atoms with Crippen molar-refractivity contribution in [3.8, 4) is 0 Å². The summed E-state index contributed by atoms with van der Waals surface area (Å²) in [7, 11) is 1.51. The van der Waals surface area contributed by atoms with Crippen LogP contribution >= 0.6 is 0 Å². The molecular formula is C16H27N3O4. The molecule has 1 fully saturated rings. The summed E-state index contributed by atoms with van der Waals surface area (Å²) < 4.78 is 5.37. The third kappa shape index (κ3) is 6.30. The van der Waals surface area contributed by atoms with Crippen LogP contribution in [0, 0.1) is 0 Å². The van der Waals surface area contributed by atoms with Crippen LogP contribution in [-0.2, 0) is 14.3 Å². The predicted molar refractivity (Wildman–Crippen MR) is 86.8 cm³/mol. The van der Waals surface area contributed by atoms with Crippen molar-refractivity contribution in [2.75, 3.05) is 13.6 Å². The standard InChI is InChI=1S/C16H27N3O4/c1-11(14(21)17-5)18-13(20)9-8-12-7-6-10-19(12)15(22)23-16(2,3)4/h8-9,11-12H,6-7,10H2,1-5H3,(H,17,21)(H,18,20)/b9-8+. The fourth-order valence-corrected chi connectivity index (χ4v) is 2.28. The highest BCUT2D eigenvalue weighted by molar-refractivity contribution is 5.92. The van der Waals surface area contributed by atoms with Crippen molar-refractivity contribution in [2.45, 2.75) is 58.2 Å². The molecule has 2 unspecified atom stereocenters. The molecule has 1 aliphatic rings. The third-order valence-corrected chi connectivity index (χ3v) is 3.40. The molecule has 1 rings (SSSR count). The molecule has 7 nitrogen and oxygen atoms in total. The SMILES string of the molecule is CNC(=O)C(C)NC(=O)/C=C/C1CCCN1C(=O)OC(C)(C)C. The second-order valence-electron chi connectivity index (χ2n) is 6.59. The Kier molecular flexibility index (Phi) is 6.60. The molecule has 2 N–H and O–H groups in total. The van der Waals surface area contributed by atoms with Gasteiger partial charge in [0.15, 0.2) is 0 Å². The van der Waals surface area contributed by atoms with E-state index in [-0.39, 0.29) is 23.9 Å². The van der Waals surface area contributed by atoms with Gasteiger partial charge in [-0.2, -0.15) is 0 Å². The highest BCUT2D eigenvalue weighted by atomic mass is 16.6. The van der Waals surface area contributed by atoms with E-state index in [0.29, 0.717) is 6.54 Å². The minimum absolute atomic E-state index is 0.161. The van der Waals surface area contributed by atoms with Gasteiger partial charge in [0, 0.05) is 19.7 Å². The van der Waals surface area contributed by atoms with Crippen molar-refractivity contribution < 1.29 is 19.1 Å². The van der Waals surface area contributed by atoms with E-state index in [9.17, 15) is 14.4 Å². The molecule has 0 aromatic rings. The summed E-state index contributed by atoms with van der Waals surface area (Å²) >= 11 is 0. The zero-order chi connectivity index (χ0) is 17.6. The molecule has 130 valence electrons. The molecular weight excluding hydrogens is 298 g/mol. The van der Waals surface area contributed by atoms with Gasteiger partial charge in [-0.15, -0.1) is 0 Å². The van der Waals surface area contributed by atoms with Crippen molar-refractivity contribution in [1.82, 2.24) is 15.5 Å². The van der Waals surface area contributed by atoms with Crippen molar-refractivity contribution in [1.29, 1.82) is 0 Å². The van der Waals surface area contributed by atoms with E-state index in [1.165, 1.54) is 13.1 Å². The maximum Gasteiger partial charge on any atom is 0.410 e. The van der Waals surface area contributed by atoms with Gasteiger partial charge in [-0.1, -0.05) is 6.08 Å². The van der Waals surface area contributed by atoms with E-state index in [4.69, 9.17) is 4.74 Å². The lowest BCUT2D eigenvalue weighted by molar-refractivity contribution is -0.126. The van der Waals surface area contributed by atoms with Crippen LogP contribution in [0.5, 0.6) is 0 Å². The fraction of sp³-hybridized carbons (Fsp3) is 0.688. The number of likely N-dealkylation sites (N-methyl/N-ethyl adjacent to an activating group) is 1. The third-order valence-electron chi connectivity index (χ3n) is 3.40. The van der Waals surface area contributed by atoms with E-state index >= 15 is 0 Å². The van der Waals surface area contributed by atoms with Crippen LogP contribution in [0.3, 0.4) is 0 Å². The van der Waals surface area contributed by atoms with Gasteiger partial charge in [-0.05, 0) is 40.5 Å². The Morgan fingerprint density at radius 3 is 2.52 bits per heavy atom. The molecule has 0 radical (unpaired) electrons. The first-order valence-corrected chi connectivity index (χ1v) is 7.84. The lowest BCUT2D eigenvalue weighted by Gasteiger charge is -2.27. The van der Waals surface area contributed by atoms with E-state index in [1.54, 1.807) is 17.9 Å². The number of hydrogen-bond acceptors (Lipinski definition) is 4. The van der Waals surface area contributed by atoms with E-state index in [2.05, 4.69) is 10.6 Å². The monoisotopic (exact) mass is 325 g/mol. The number of amides is 3. The van der Waals surface area contributed by atoms with E-state index in [0.717, 1.165) is 12.8 Å². The number of ether oxygens (including phenoxy) is 1. The second kappa shape index (κ2) is 7.99. The quantitative estimate of drug-likeness (QED) is 0.760.